The molecular formula is C26H22Cl2F5N5O4. The molecule has 0 spiro atoms. The van der Waals surface area contributed by atoms with Crippen LogP contribution in [0.25, 0.3) is 0 Å². The van der Waals surface area contributed by atoms with Gasteiger partial charge in [-0.2, -0.15) is 18.3 Å². The highest BCUT2D eigenvalue weighted by Crippen LogP contribution is 2.39. The number of nitrogens with one attached hydrogen (secondary N) is 1. The van der Waals surface area contributed by atoms with E-state index in [1.165, 1.54) is 5.48 Å². The molecule has 0 unspecified atom stereocenters. The number of hydrogen-bond acceptors (Lipinski definition) is 6. The Kier molecular flexibility index (Phi) is 9.48. The Morgan fingerprint density at radius 1 is 1.00 bits per heavy atom. The van der Waals surface area contributed by atoms with Gasteiger partial charge in [0.25, 0.3) is 5.91 Å². The van der Waals surface area contributed by atoms with Crippen LogP contribution in [0.5, 0.6) is 0 Å². The Labute approximate surface area is 245 Å². The van der Waals surface area contributed by atoms with E-state index < -0.39 is 71.7 Å². The van der Waals surface area contributed by atoms with Crippen molar-refractivity contribution in [1.82, 2.24) is 25.1 Å². The average molecular weight is 634 g/mol. The van der Waals surface area contributed by atoms with Crippen LogP contribution in [0.4, 0.5) is 22.0 Å². The SMILES string of the molecule is O=C(CN(Cc1cc(F)cc(F)c1)C(=O)c1cnn([C@H]2CC[C@H](C(=O)NO)CC2)c1C(F)(F)F)c1c(Cl)cncc1Cl. The van der Waals surface area contributed by atoms with Crippen molar-refractivity contribution in [1.29, 1.82) is 0 Å². The van der Waals surface area contributed by atoms with Crippen molar-refractivity contribution in [3.63, 3.8) is 0 Å². The van der Waals surface area contributed by atoms with Gasteiger partial charge in [0.15, 0.2) is 11.5 Å². The molecule has 42 heavy (non-hydrogen) atoms. The van der Waals surface area contributed by atoms with Crippen molar-refractivity contribution in [2.24, 2.45) is 5.92 Å². The number of alkyl halides is 3. The molecule has 1 aliphatic rings. The number of Topliss-reactive ketones (excluding diaryl/α,β-unsaturated/α-hetero) is 1. The maximum atomic E-state index is 14.4. The number of benzene rings is 1. The molecule has 2 amide bonds. The lowest BCUT2D eigenvalue weighted by Gasteiger charge is -2.29. The summed E-state index contributed by atoms with van der Waals surface area (Å²) in [5, 5.41) is 12.3. The highest BCUT2D eigenvalue weighted by Gasteiger charge is 2.43. The molecule has 0 radical (unpaired) electrons. The maximum absolute atomic E-state index is 14.4. The van der Waals surface area contributed by atoms with Crippen LogP contribution >= 0.6 is 23.2 Å². The zero-order valence-electron chi connectivity index (χ0n) is 21.5. The molecule has 1 saturated carbocycles. The predicted octanol–water partition coefficient (Wildman–Crippen LogP) is 5.64. The van der Waals surface area contributed by atoms with Crippen molar-refractivity contribution in [3.05, 3.63) is 80.9 Å². The van der Waals surface area contributed by atoms with Gasteiger partial charge in [0.05, 0.1) is 40.0 Å². The van der Waals surface area contributed by atoms with Gasteiger partial charge in [-0.15, -0.1) is 0 Å². The van der Waals surface area contributed by atoms with E-state index in [2.05, 4.69) is 10.1 Å². The molecule has 4 rings (SSSR count). The van der Waals surface area contributed by atoms with Gasteiger partial charge in [-0.05, 0) is 43.4 Å². The number of hydroxylamine groups is 1. The molecule has 0 atom stereocenters. The molecule has 1 aromatic carbocycles. The number of ketones is 1. The van der Waals surface area contributed by atoms with Crippen LogP contribution in [0, 0.1) is 17.6 Å². The van der Waals surface area contributed by atoms with E-state index in [-0.39, 0.29) is 46.9 Å². The molecule has 3 aromatic rings. The number of amides is 2. The van der Waals surface area contributed by atoms with Gasteiger partial charge >= 0.3 is 6.18 Å². The first-order valence-electron chi connectivity index (χ1n) is 12.4. The fourth-order valence-corrected chi connectivity index (χ4v) is 5.55. The number of halogens is 7. The molecule has 1 fully saturated rings. The fourth-order valence-electron chi connectivity index (χ4n) is 4.97. The van der Waals surface area contributed by atoms with E-state index in [9.17, 15) is 36.3 Å². The summed E-state index contributed by atoms with van der Waals surface area (Å²) >= 11 is 12.1. The molecule has 1 aliphatic carbocycles. The lowest BCUT2D eigenvalue weighted by molar-refractivity contribution is -0.146. The Hall–Kier alpha value is -3.62. The Bertz CT molecular complexity index is 1470. The van der Waals surface area contributed by atoms with E-state index >= 15 is 0 Å². The molecule has 0 saturated heterocycles. The number of pyridine rings is 1. The van der Waals surface area contributed by atoms with Crippen LogP contribution in [-0.4, -0.2) is 49.0 Å². The van der Waals surface area contributed by atoms with E-state index in [1.54, 1.807) is 0 Å². The minimum absolute atomic E-state index is 0.0975. The van der Waals surface area contributed by atoms with Gasteiger partial charge in [0.2, 0.25) is 5.91 Å². The van der Waals surface area contributed by atoms with Gasteiger partial charge in [-0.25, -0.2) is 14.3 Å². The smallest absolute Gasteiger partial charge is 0.326 e. The van der Waals surface area contributed by atoms with Gasteiger partial charge in [-0.3, -0.25) is 29.3 Å². The first kappa shape index (κ1) is 31.3. The summed E-state index contributed by atoms with van der Waals surface area (Å²) in [5.74, 6) is -5.40. The fraction of sp³-hybridized carbons (Fsp3) is 0.346. The monoisotopic (exact) mass is 633 g/mol. The largest absolute Gasteiger partial charge is 0.433 e. The number of nitrogens with zero attached hydrogens (tertiary/aromatic N) is 4. The van der Waals surface area contributed by atoms with Crippen molar-refractivity contribution in [2.45, 2.75) is 44.4 Å². The Morgan fingerprint density at radius 2 is 1.60 bits per heavy atom. The maximum Gasteiger partial charge on any atom is 0.433 e. The normalized spacial score (nSPS) is 17.1. The second-order valence-electron chi connectivity index (χ2n) is 9.67. The standard InChI is InChI=1S/C26H22Cl2F5N5O4/c27-19-9-34-10-20(28)22(19)21(39)12-37(11-13-5-15(29)7-16(30)6-13)25(41)18-8-35-38(23(18)26(31,32)33)17-3-1-14(2-4-17)24(40)36-42/h5-10,14,17,42H,1-4,11-12H2,(H,36,40)/t14-,17-. The molecule has 2 N–H and O–H groups in total. The molecule has 9 nitrogen and oxygen atoms in total. The first-order valence-corrected chi connectivity index (χ1v) is 13.2. The summed E-state index contributed by atoms with van der Waals surface area (Å²) in [6.45, 7) is -1.51. The number of hydrogen-bond donors (Lipinski definition) is 2. The van der Waals surface area contributed by atoms with E-state index in [0.717, 1.165) is 24.5 Å². The molecule has 2 heterocycles. The van der Waals surface area contributed by atoms with Crippen LogP contribution in [0.1, 0.15) is 63.7 Å². The number of aromatic nitrogens is 3. The van der Waals surface area contributed by atoms with E-state index in [0.29, 0.717) is 21.8 Å². The minimum Gasteiger partial charge on any atom is -0.326 e. The van der Waals surface area contributed by atoms with Crippen molar-refractivity contribution < 1.29 is 41.5 Å². The van der Waals surface area contributed by atoms with Crippen LogP contribution in [0.15, 0.2) is 36.8 Å². The lowest BCUT2D eigenvalue weighted by Crippen LogP contribution is -2.37. The topological polar surface area (TPSA) is 117 Å². The van der Waals surface area contributed by atoms with Crippen LogP contribution in [0.2, 0.25) is 10.0 Å². The zero-order chi connectivity index (χ0) is 30.8. The highest BCUT2D eigenvalue weighted by molar-refractivity contribution is 6.39. The molecule has 0 bridgehead atoms. The van der Waals surface area contributed by atoms with Crippen molar-refractivity contribution in [3.8, 4) is 0 Å². The van der Waals surface area contributed by atoms with Gasteiger partial charge in [0.1, 0.15) is 11.6 Å². The Morgan fingerprint density at radius 3 is 2.14 bits per heavy atom. The molecule has 224 valence electrons. The van der Waals surface area contributed by atoms with Crippen molar-refractivity contribution in [2.75, 3.05) is 6.54 Å². The van der Waals surface area contributed by atoms with Crippen LogP contribution in [0.3, 0.4) is 0 Å². The van der Waals surface area contributed by atoms with Gasteiger partial charge in [0, 0.05) is 30.9 Å². The quantitative estimate of drug-likeness (QED) is 0.143. The second-order valence-corrected chi connectivity index (χ2v) is 10.5. The van der Waals surface area contributed by atoms with E-state index in [1.807, 2.05) is 0 Å². The van der Waals surface area contributed by atoms with Crippen molar-refractivity contribution >= 4 is 40.8 Å². The summed E-state index contributed by atoms with van der Waals surface area (Å²) in [7, 11) is 0. The molecule has 16 heteroatoms. The molecule has 0 aliphatic heterocycles. The third kappa shape index (κ3) is 6.88. The van der Waals surface area contributed by atoms with Crippen LogP contribution < -0.4 is 5.48 Å². The lowest BCUT2D eigenvalue weighted by atomic mass is 9.85. The van der Waals surface area contributed by atoms with Gasteiger partial charge in [-0.1, -0.05) is 23.2 Å². The summed E-state index contributed by atoms with van der Waals surface area (Å²) < 4.78 is 71.7. The van der Waals surface area contributed by atoms with Gasteiger partial charge < -0.3 is 4.90 Å². The summed E-state index contributed by atoms with van der Waals surface area (Å²) in [6, 6.07) is 1.49. The first-order chi connectivity index (χ1) is 19.8. The third-order valence-corrected chi connectivity index (χ3v) is 7.44. The highest BCUT2D eigenvalue weighted by atomic mass is 35.5. The minimum atomic E-state index is -5.07. The second kappa shape index (κ2) is 12.7. The summed E-state index contributed by atoms with van der Waals surface area (Å²) in [5.41, 5.74) is -1.13. The zero-order valence-corrected chi connectivity index (χ0v) is 23.0. The summed E-state index contributed by atoms with van der Waals surface area (Å²) in [6.07, 6.45) is -1.61. The Balaban J connectivity index is 1.71. The number of rotatable bonds is 8. The summed E-state index contributed by atoms with van der Waals surface area (Å²) in [4.78, 5) is 43.0. The molecule has 2 aromatic heterocycles. The molecular weight excluding hydrogens is 612 g/mol. The number of carbonyl (C=O) groups is 3. The number of carbonyl (C=O) groups excluding carboxylic acids is 3. The van der Waals surface area contributed by atoms with E-state index in [4.69, 9.17) is 28.4 Å². The average Bonchev–Trinajstić information content (AvgIpc) is 3.37. The predicted molar refractivity (Wildman–Crippen MR) is 138 cm³/mol. The van der Waals surface area contributed by atoms with Crippen LogP contribution in [-0.2, 0) is 17.5 Å². The third-order valence-electron chi connectivity index (χ3n) is 6.87.